The summed E-state index contributed by atoms with van der Waals surface area (Å²) in [6.07, 6.45) is 0.255. The van der Waals surface area contributed by atoms with Gasteiger partial charge in [0.05, 0.1) is 17.1 Å². The molecule has 0 saturated carbocycles. The zero-order chi connectivity index (χ0) is 19.8. The summed E-state index contributed by atoms with van der Waals surface area (Å²) in [6, 6.07) is 17.3. The fourth-order valence-corrected chi connectivity index (χ4v) is 3.91. The second kappa shape index (κ2) is 10.1. The van der Waals surface area contributed by atoms with Crippen molar-refractivity contribution in [3.8, 4) is 11.3 Å². The van der Waals surface area contributed by atoms with Gasteiger partial charge in [0.25, 0.3) is 5.91 Å². The highest BCUT2D eigenvalue weighted by molar-refractivity contribution is 7.99. The first-order chi connectivity index (χ1) is 13.6. The van der Waals surface area contributed by atoms with Crippen LogP contribution in [0.4, 0.5) is 5.69 Å². The van der Waals surface area contributed by atoms with Gasteiger partial charge >= 0.3 is 5.97 Å². The molecule has 0 fully saturated rings. The number of carbonyl (C=O) groups excluding carboxylic acids is 2. The number of hydrogen-bond acceptors (Lipinski definition) is 6. The molecule has 0 unspecified atom stereocenters. The number of benzene rings is 2. The lowest BCUT2D eigenvalue weighted by molar-refractivity contribution is -0.146. The number of hydrogen-bond donors (Lipinski definition) is 1. The molecule has 0 aliphatic heterocycles. The van der Waals surface area contributed by atoms with Gasteiger partial charge in [0.1, 0.15) is 0 Å². The molecule has 0 aliphatic carbocycles. The summed E-state index contributed by atoms with van der Waals surface area (Å²) in [6.45, 7) is 1.65. The molecule has 0 aliphatic rings. The van der Waals surface area contributed by atoms with E-state index < -0.39 is 0 Å². The van der Waals surface area contributed by atoms with Crippen molar-refractivity contribution in [3.05, 3.63) is 65.0 Å². The number of thiazole rings is 1. The van der Waals surface area contributed by atoms with Crippen LogP contribution < -0.4 is 5.32 Å². The lowest BCUT2D eigenvalue weighted by atomic mass is 10.1. The maximum absolute atomic E-state index is 12.1. The van der Waals surface area contributed by atoms with Gasteiger partial charge in [-0.1, -0.05) is 30.3 Å². The minimum absolute atomic E-state index is 0.255. The number of aromatic nitrogens is 1. The Morgan fingerprint density at radius 1 is 1.14 bits per heavy atom. The van der Waals surface area contributed by atoms with E-state index in [2.05, 4.69) is 10.3 Å². The van der Waals surface area contributed by atoms with Gasteiger partial charge in [0.2, 0.25) is 0 Å². The summed E-state index contributed by atoms with van der Waals surface area (Å²) in [5.41, 5.74) is 2.45. The zero-order valence-corrected chi connectivity index (χ0v) is 17.0. The van der Waals surface area contributed by atoms with Crippen molar-refractivity contribution >= 4 is 40.7 Å². The predicted molar refractivity (Wildman–Crippen MR) is 114 cm³/mol. The molecule has 144 valence electrons. The summed E-state index contributed by atoms with van der Waals surface area (Å²) < 4.78 is 5.06. The standard InChI is InChI=1S/C21H20N2O3S2/c1-15-22-19(14-28-15)16-6-5-7-17(12-16)23-20(24)13-26-21(25)10-11-27-18-8-3-2-4-9-18/h2-9,12,14H,10-11,13H2,1H3,(H,23,24). The molecule has 1 heterocycles. The van der Waals surface area contributed by atoms with Crippen LogP contribution in [0.5, 0.6) is 0 Å². The maximum Gasteiger partial charge on any atom is 0.307 e. The average molecular weight is 413 g/mol. The van der Waals surface area contributed by atoms with E-state index in [4.69, 9.17) is 4.74 Å². The first-order valence-electron chi connectivity index (χ1n) is 8.76. The average Bonchev–Trinajstić information content (AvgIpc) is 3.14. The topological polar surface area (TPSA) is 68.3 Å². The molecule has 0 radical (unpaired) electrons. The monoisotopic (exact) mass is 412 g/mol. The Hall–Kier alpha value is -2.64. The highest BCUT2D eigenvalue weighted by Gasteiger charge is 2.09. The molecule has 7 heteroatoms. The number of esters is 1. The SMILES string of the molecule is Cc1nc(-c2cccc(NC(=O)COC(=O)CCSc3ccccc3)c2)cs1. The lowest BCUT2D eigenvalue weighted by Crippen LogP contribution is -2.21. The summed E-state index contributed by atoms with van der Waals surface area (Å²) in [4.78, 5) is 29.4. The van der Waals surface area contributed by atoms with Crippen molar-refractivity contribution < 1.29 is 14.3 Å². The van der Waals surface area contributed by atoms with E-state index in [1.807, 2.05) is 60.8 Å². The van der Waals surface area contributed by atoms with Crippen molar-refractivity contribution in [1.82, 2.24) is 4.98 Å². The normalized spacial score (nSPS) is 10.5. The van der Waals surface area contributed by atoms with Gasteiger partial charge in [0, 0.05) is 27.3 Å². The Bertz CT molecular complexity index is 942. The van der Waals surface area contributed by atoms with Crippen LogP contribution in [0, 0.1) is 6.92 Å². The van der Waals surface area contributed by atoms with Crippen LogP contribution >= 0.6 is 23.1 Å². The summed E-state index contributed by atoms with van der Waals surface area (Å²) in [5, 5.41) is 5.72. The number of amides is 1. The lowest BCUT2D eigenvalue weighted by Gasteiger charge is -2.08. The second-order valence-electron chi connectivity index (χ2n) is 5.95. The number of ether oxygens (including phenoxy) is 1. The van der Waals surface area contributed by atoms with Crippen molar-refractivity contribution in [2.45, 2.75) is 18.2 Å². The molecule has 3 aromatic rings. The van der Waals surface area contributed by atoms with Crippen LogP contribution in [0.3, 0.4) is 0 Å². The van der Waals surface area contributed by atoms with E-state index >= 15 is 0 Å². The van der Waals surface area contributed by atoms with E-state index in [9.17, 15) is 9.59 Å². The first-order valence-corrected chi connectivity index (χ1v) is 10.6. The van der Waals surface area contributed by atoms with E-state index in [-0.39, 0.29) is 24.9 Å². The molecule has 1 aromatic heterocycles. The zero-order valence-electron chi connectivity index (χ0n) is 15.4. The summed E-state index contributed by atoms with van der Waals surface area (Å²) >= 11 is 3.16. The number of aryl methyl sites for hydroxylation is 1. The third kappa shape index (κ3) is 6.21. The molecular weight excluding hydrogens is 392 g/mol. The molecule has 0 saturated heterocycles. The number of thioether (sulfide) groups is 1. The van der Waals surface area contributed by atoms with Gasteiger partial charge in [-0.25, -0.2) is 4.98 Å². The Balaban J connectivity index is 1.42. The van der Waals surface area contributed by atoms with Gasteiger partial charge in [-0.15, -0.1) is 23.1 Å². The second-order valence-corrected chi connectivity index (χ2v) is 8.18. The minimum atomic E-state index is -0.384. The third-order valence-corrected chi connectivity index (χ3v) is 5.53. The van der Waals surface area contributed by atoms with Crippen LogP contribution in [-0.4, -0.2) is 29.2 Å². The quantitative estimate of drug-likeness (QED) is 0.426. The van der Waals surface area contributed by atoms with Gasteiger partial charge in [-0.05, 0) is 31.2 Å². The fraction of sp³-hybridized carbons (Fsp3) is 0.190. The highest BCUT2D eigenvalue weighted by Crippen LogP contribution is 2.24. The number of carbonyl (C=O) groups is 2. The molecule has 1 N–H and O–H groups in total. The maximum atomic E-state index is 12.1. The van der Waals surface area contributed by atoms with Crippen molar-refractivity contribution in [1.29, 1.82) is 0 Å². The van der Waals surface area contributed by atoms with Crippen molar-refractivity contribution in [2.75, 3.05) is 17.7 Å². The molecule has 3 rings (SSSR count). The highest BCUT2D eigenvalue weighted by atomic mass is 32.2. The van der Waals surface area contributed by atoms with Gasteiger partial charge in [-0.3, -0.25) is 9.59 Å². The number of nitrogens with zero attached hydrogens (tertiary/aromatic N) is 1. The Morgan fingerprint density at radius 3 is 2.71 bits per heavy atom. The molecule has 0 spiro atoms. The Labute approximate surface area is 172 Å². The molecule has 5 nitrogen and oxygen atoms in total. The van der Waals surface area contributed by atoms with E-state index in [1.165, 1.54) is 0 Å². The largest absolute Gasteiger partial charge is 0.456 e. The van der Waals surface area contributed by atoms with E-state index in [1.54, 1.807) is 29.2 Å². The summed E-state index contributed by atoms with van der Waals surface area (Å²) in [7, 11) is 0. The van der Waals surface area contributed by atoms with Crippen LogP contribution in [0.15, 0.2) is 64.9 Å². The van der Waals surface area contributed by atoms with Gasteiger partial charge in [-0.2, -0.15) is 0 Å². The Morgan fingerprint density at radius 2 is 1.96 bits per heavy atom. The van der Waals surface area contributed by atoms with Gasteiger partial charge < -0.3 is 10.1 Å². The van der Waals surface area contributed by atoms with Crippen LogP contribution in [0.1, 0.15) is 11.4 Å². The first kappa shape index (κ1) is 20.1. The van der Waals surface area contributed by atoms with Gasteiger partial charge in [0.15, 0.2) is 6.61 Å². The molecule has 1 amide bonds. The predicted octanol–water partition coefficient (Wildman–Crippen LogP) is 4.78. The third-order valence-electron chi connectivity index (χ3n) is 3.74. The van der Waals surface area contributed by atoms with Crippen molar-refractivity contribution in [2.24, 2.45) is 0 Å². The van der Waals surface area contributed by atoms with Crippen LogP contribution in [-0.2, 0) is 14.3 Å². The molecular formula is C21H20N2O3S2. The molecule has 0 atom stereocenters. The number of nitrogens with one attached hydrogen (secondary N) is 1. The number of anilines is 1. The van der Waals surface area contributed by atoms with Crippen molar-refractivity contribution in [3.63, 3.8) is 0 Å². The van der Waals surface area contributed by atoms with E-state index in [0.717, 1.165) is 21.2 Å². The summed E-state index contributed by atoms with van der Waals surface area (Å²) in [5.74, 6) is -0.138. The number of rotatable bonds is 8. The molecule has 2 aromatic carbocycles. The Kier molecular flexibility index (Phi) is 7.22. The van der Waals surface area contributed by atoms with Crippen LogP contribution in [0.2, 0.25) is 0 Å². The van der Waals surface area contributed by atoms with Crippen LogP contribution in [0.25, 0.3) is 11.3 Å². The molecule has 28 heavy (non-hydrogen) atoms. The fourth-order valence-electron chi connectivity index (χ4n) is 2.44. The molecule has 0 bridgehead atoms. The van der Waals surface area contributed by atoms with E-state index in [0.29, 0.717) is 11.4 Å². The smallest absolute Gasteiger partial charge is 0.307 e. The minimum Gasteiger partial charge on any atom is -0.456 e.